The third-order valence-corrected chi connectivity index (χ3v) is 3.90. The van der Waals surface area contributed by atoms with Crippen LogP contribution in [0, 0.1) is 0 Å². The Hall–Kier alpha value is -2.01. The first-order valence-electron chi connectivity index (χ1n) is 7.51. The number of hydrogen-bond donors (Lipinski definition) is 0. The Morgan fingerprint density at radius 1 is 1.23 bits per heavy atom. The van der Waals surface area contributed by atoms with E-state index in [0.717, 1.165) is 5.56 Å². The monoisotopic (exact) mass is 303 g/mol. The Morgan fingerprint density at radius 3 is 2.55 bits per heavy atom. The average Bonchev–Trinajstić information content (AvgIpc) is 2.76. The molecule has 0 fully saturated rings. The van der Waals surface area contributed by atoms with Gasteiger partial charge in [-0.1, -0.05) is 30.3 Å². The van der Waals surface area contributed by atoms with Gasteiger partial charge in [0.15, 0.2) is 0 Å². The van der Waals surface area contributed by atoms with Crippen molar-refractivity contribution >= 4 is 0 Å². The standard InChI is InChI=1S/C17H21NO4/c1-5-20-17(4)11-16(2,3)18-14(21-17)13(15(19)22-18)12-9-7-6-8-10-12/h6-10H,5,11H2,1-4H3. The molecular formula is C17H21NO4. The molecule has 0 N–H and O–H groups in total. The topological polar surface area (TPSA) is 53.6 Å². The largest absolute Gasteiger partial charge is 0.444 e. The third kappa shape index (κ3) is 2.35. The smallest absolute Gasteiger partial charge is 0.369 e. The zero-order valence-electron chi connectivity index (χ0n) is 13.4. The summed E-state index contributed by atoms with van der Waals surface area (Å²) in [5.41, 5.74) is 0.417. The number of fused-ring (bicyclic) bond motifs is 1. The summed E-state index contributed by atoms with van der Waals surface area (Å²) in [6.45, 7) is 8.38. The van der Waals surface area contributed by atoms with E-state index in [1.54, 1.807) is 4.74 Å². The summed E-state index contributed by atoms with van der Waals surface area (Å²) in [5, 5.41) is 0. The van der Waals surface area contributed by atoms with Crippen LogP contribution in [0.25, 0.3) is 11.1 Å². The molecular weight excluding hydrogens is 282 g/mol. The van der Waals surface area contributed by atoms with Gasteiger partial charge >= 0.3 is 5.63 Å². The maximum atomic E-state index is 12.4. The first kappa shape index (κ1) is 14.9. The summed E-state index contributed by atoms with van der Waals surface area (Å²) in [7, 11) is 0. The highest BCUT2D eigenvalue weighted by Crippen LogP contribution is 2.43. The number of benzene rings is 1. The van der Waals surface area contributed by atoms with Crippen molar-refractivity contribution in [3.05, 3.63) is 40.8 Å². The van der Waals surface area contributed by atoms with Crippen LogP contribution in [-0.2, 0) is 10.3 Å². The van der Waals surface area contributed by atoms with E-state index in [1.807, 2.05) is 58.0 Å². The Labute approximate surface area is 129 Å². The molecule has 118 valence electrons. The van der Waals surface area contributed by atoms with Gasteiger partial charge in [-0.2, -0.15) is 4.74 Å². The van der Waals surface area contributed by atoms with Crippen LogP contribution in [0.2, 0.25) is 0 Å². The van der Waals surface area contributed by atoms with Gasteiger partial charge in [0.2, 0.25) is 11.7 Å². The lowest BCUT2D eigenvalue weighted by molar-refractivity contribution is -0.212. The second-order valence-corrected chi connectivity index (χ2v) is 6.38. The Morgan fingerprint density at radius 2 is 1.91 bits per heavy atom. The minimum Gasteiger partial charge on any atom is -0.444 e. The maximum Gasteiger partial charge on any atom is 0.369 e. The van der Waals surface area contributed by atoms with Crippen molar-refractivity contribution in [2.75, 3.05) is 6.61 Å². The van der Waals surface area contributed by atoms with Crippen molar-refractivity contribution in [3.8, 4) is 17.0 Å². The molecule has 5 nitrogen and oxygen atoms in total. The van der Waals surface area contributed by atoms with Gasteiger partial charge in [-0.3, -0.25) is 0 Å². The van der Waals surface area contributed by atoms with E-state index in [0.29, 0.717) is 24.5 Å². The summed E-state index contributed by atoms with van der Waals surface area (Å²) >= 11 is 0. The van der Waals surface area contributed by atoms with Crippen LogP contribution in [-0.4, -0.2) is 17.1 Å². The van der Waals surface area contributed by atoms with Crippen LogP contribution in [0.3, 0.4) is 0 Å². The Kier molecular flexibility index (Phi) is 3.40. The highest BCUT2D eigenvalue weighted by Gasteiger charge is 2.46. The second-order valence-electron chi connectivity index (χ2n) is 6.38. The number of aromatic nitrogens is 1. The average molecular weight is 303 g/mol. The van der Waals surface area contributed by atoms with Crippen LogP contribution in [0.5, 0.6) is 5.88 Å². The molecule has 1 unspecified atom stereocenters. The second kappa shape index (κ2) is 5.02. The van der Waals surface area contributed by atoms with Crippen LogP contribution in [0.1, 0.15) is 34.1 Å². The predicted molar refractivity (Wildman–Crippen MR) is 83.0 cm³/mol. The number of hydrogen-bond acceptors (Lipinski definition) is 4. The molecule has 0 spiro atoms. The van der Waals surface area contributed by atoms with E-state index in [2.05, 4.69) is 0 Å². The zero-order valence-corrected chi connectivity index (χ0v) is 13.4. The molecule has 0 saturated carbocycles. The molecule has 3 rings (SSSR count). The first-order chi connectivity index (χ1) is 10.4. The molecule has 1 aromatic heterocycles. The summed E-state index contributed by atoms with van der Waals surface area (Å²) < 4.78 is 18.9. The van der Waals surface area contributed by atoms with Crippen LogP contribution >= 0.6 is 0 Å². The van der Waals surface area contributed by atoms with Gasteiger partial charge in [0, 0.05) is 20.0 Å². The SMILES string of the molecule is CCOC1(C)CC(C)(C)n2oc(=O)c(-c3ccccc3)c2O1. The third-order valence-electron chi connectivity index (χ3n) is 3.90. The lowest BCUT2D eigenvalue weighted by Gasteiger charge is -2.42. The highest BCUT2D eigenvalue weighted by molar-refractivity contribution is 5.67. The number of nitrogens with zero attached hydrogens (tertiary/aromatic N) is 1. The fourth-order valence-electron chi connectivity index (χ4n) is 3.18. The van der Waals surface area contributed by atoms with Gasteiger partial charge in [-0.05, 0) is 26.3 Å². The highest BCUT2D eigenvalue weighted by atomic mass is 16.7. The van der Waals surface area contributed by atoms with Gasteiger partial charge in [0.1, 0.15) is 5.56 Å². The van der Waals surface area contributed by atoms with Crippen molar-refractivity contribution in [1.82, 2.24) is 4.74 Å². The number of rotatable bonds is 3. The Bertz CT molecular complexity index is 729. The minimum absolute atomic E-state index is 0.393. The van der Waals surface area contributed by atoms with Crippen molar-refractivity contribution in [3.63, 3.8) is 0 Å². The predicted octanol–water partition coefficient (Wildman–Crippen LogP) is 3.38. The van der Waals surface area contributed by atoms with Gasteiger partial charge in [-0.15, -0.1) is 0 Å². The molecule has 1 aliphatic rings. The molecule has 0 aliphatic carbocycles. The van der Waals surface area contributed by atoms with Crippen molar-refractivity contribution in [2.45, 2.75) is 45.4 Å². The molecule has 1 aliphatic heterocycles. The van der Waals surface area contributed by atoms with Crippen LogP contribution in [0.4, 0.5) is 0 Å². The molecule has 0 bridgehead atoms. The summed E-state index contributed by atoms with van der Waals surface area (Å²) in [5.74, 6) is -0.346. The molecule has 1 aromatic carbocycles. The minimum atomic E-state index is -0.780. The molecule has 0 amide bonds. The quantitative estimate of drug-likeness (QED) is 0.872. The molecule has 2 heterocycles. The maximum absolute atomic E-state index is 12.4. The Balaban J connectivity index is 2.19. The molecule has 0 radical (unpaired) electrons. The van der Waals surface area contributed by atoms with Gasteiger partial charge < -0.3 is 14.0 Å². The van der Waals surface area contributed by atoms with Crippen LogP contribution in [0.15, 0.2) is 39.6 Å². The lowest BCUT2D eigenvalue weighted by Crippen LogP contribution is -2.48. The van der Waals surface area contributed by atoms with E-state index < -0.39 is 17.0 Å². The van der Waals surface area contributed by atoms with Crippen LogP contribution < -0.4 is 10.4 Å². The normalized spacial score (nSPS) is 22.9. The van der Waals surface area contributed by atoms with E-state index in [1.165, 1.54) is 0 Å². The fourth-order valence-corrected chi connectivity index (χ4v) is 3.18. The van der Waals surface area contributed by atoms with Gasteiger partial charge in [0.25, 0.3) is 0 Å². The molecule has 22 heavy (non-hydrogen) atoms. The van der Waals surface area contributed by atoms with Crippen molar-refractivity contribution in [2.24, 2.45) is 0 Å². The molecule has 5 heteroatoms. The first-order valence-corrected chi connectivity index (χ1v) is 7.51. The zero-order chi connectivity index (χ0) is 16.0. The molecule has 1 atom stereocenters. The molecule has 0 saturated heterocycles. The fraction of sp³-hybridized carbons (Fsp3) is 0.471. The lowest BCUT2D eigenvalue weighted by atomic mass is 9.93. The van der Waals surface area contributed by atoms with E-state index in [-0.39, 0.29) is 0 Å². The van der Waals surface area contributed by atoms with E-state index in [9.17, 15) is 4.79 Å². The van der Waals surface area contributed by atoms with E-state index in [4.69, 9.17) is 14.0 Å². The van der Waals surface area contributed by atoms with Crippen molar-refractivity contribution < 1.29 is 14.0 Å². The molecule has 2 aromatic rings. The van der Waals surface area contributed by atoms with Gasteiger partial charge in [-0.25, -0.2) is 4.79 Å². The summed E-state index contributed by atoms with van der Waals surface area (Å²) in [6.07, 6.45) is 0.590. The summed E-state index contributed by atoms with van der Waals surface area (Å²) in [6, 6.07) is 9.41. The summed E-state index contributed by atoms with van der Waals surface area (Å²) in [4.78, 5) is 12.4. The van der Waals surface area contributed by atoms with E-state index >= 15 is 0 Å². The number of ether oxygens (including phenoxy) is 2. The van der Waals surface area contributed by atoms with Crippen molar-refractivity contribution in [1.29, 1.82) is 0 Å². The van der Waals surface area contributed by atoms with Gasteiger partial charge in [0.05, 0.1) is 5.54 Å².